The molecule has 2 rings (SSSR count). The van der Waals surface area contributed by atoms with E-state index in [1.54, 1.807) is 12.4 Å². The van der Waals surface area contributed by atoms with E-state index in [4.69, 9.17) is 0 Å². The first-order chi connectivity index (χ1) is 10.6. The smallest absolute Gasteiger partial charge is 0.225 e. The van der Waals surface area contributed by atoms with E-state index in [1.165, 1.54) is 0 Å². The lowest BCUT2D eigenvalue weighted by Gasteiger charge is -2.34. The Hall–Kier alpha value is -1.16. The molecule has 23 heavy (non-hydrogen) atoms. The van der Waals surface area contributed by atoms with Gasteiger partial charge in [0.15, 0.2) is 5.96 Å². The van der Waals surface area contributed by atoms with Crippen LogP contribution in [0, 0.1) is 0 Å². The lowest BCUT2D eigenvalue weighted by Crippen LogP contribution is -2.47. The van der Waals surface area contributed by atoms with Crippen molar-refractivity contribution in [1.82, 2.24) is 24.7 Å². The summed E-state index contributed by atoms with van der Waals surface area (Å²) in [6.45, 7) is 5.84. The molecule has 0 N–H and O–H groups in total. The van der Waals surface area contributed by atoms with Crippen LogP contribution in [-0.2, 0) is 0 Å². The van der Waals surface area contributed by atoms with E-state index < -0.39 is 0 Å². The van der Waals surface area contributed by atoms with Gasteiger partial charge >= 0.3 is 0 Å². The molecule has 0 aromatic carbocycles. The third-order valence-electron chi connectivity index (χ3n) is 3.68. The summed E-state index contributed by atoms with van der Waals surface area (Å²) in [5.74, 6) is 1.85. The predicted octanol–water partition coefficient (Wildman–Crippen LogP) is 0.696. The van der Waals surface area contributed by atoms with Crippen LogP contribution >= 0.6 is 24.0 Å². The first-order valence-corrected chi connectivity index (χ1v) is 7.71. The highest BCUT2D eigenvalue weighted by atomic mass is 127. The Morgan fingerprint density at radius 3 is 2.13 bits per heavy atom. The maximum Gasteiger partial charge on any atom is 0.225 e. The average molecular weight is 433 g/mol. The fourth-order valence-corrected chi connectivity index (χ4v) is 2.60. The van der Waals surface area contributed by atoms with Gasteiger partial charge in [-0.3, -0.25) is 9.89 Å². The molecule has 0 atom stereocenters. The molecule has 1 saturated heterocycles. The molecule has 0 saturated carbocycles. The number of aromatic nitrogens is 2. The van der Waals surface area contributed by atoms with Gasteiger partial charge in [-0.2, -0.15) is 0 Å². The average Bonchev–Trinajstić information content (AvgIpc) is 2.52. The van der Waals surface area contributed by atoms with E-state index >= 15 is 0 Å². The number of aliphatic imine (C=N–C) groups is 1. The van der Waals surface area contributed by atoms with E-state index in [0.29, 0.717) is 0 Å². The molecule has 1 fully saturated rings. The second kappa shape index (κ2) is 9.86. The van der Waals surface area contributed by atoms with Crippen molar-refractivity contribution >= 4 is 35.9 Å². The summed E-state index contributed by atoms with van der Waals surface area (Å²) in [5.41, 5.74) is 0. The molecular weight excluding hydrogens is 405 g/mol. The maximum atomic E-state index is 4.68. The van der Waals surface area contributed by atoms with E-state index in [0.717, 1.165) is 51.2 Å². The summed E-state index contributed by atoms with van der Waals surface area (Å²) >= 11 is 0. The fraction of sp³-hybridized carbons (Fsp3) is 0.667. The van der Waals surface area contributed by atoms with Crippen molar-refractivity contribution in [2.24, 2.45) is 4.99 Å². The van der Waals surface area contributed by atoms with Gasteiger partial charge in [0.25, 0.3) is 0 Å². The van der Waals surface area contributed by atoms with E-state index in [1.807, 2.05) is 44.1 Å². The maximum absolute atomic E-state index is 4.68. The molecule has 0 bridgehead atoms. The van der Waals surface area contributed by atoms with Crippen LogP contribution in [0.25, 0.3) is 0 Å². The number of hydrogen-bond acceptors (Lipinski definition) is 5. The summed E-state index contributed by atoms with van der Waals surface area (Å²) in [6.07, 6.45) is 3.60. The van der Waals surface area contributed by atoms with E-state index in [-0.39, 0.29) is 24.0 Å². The van der Waals surface area contributed by atoms with Crippen LogP contribution in [0.15, 0.2) is 23.5 Å². The van der Waals surface area contributed by atoms with Gasteiger partial charge in [0.1, 0.15) is 0 Å². The molecule has 0 amide bonds. The highest BCUT2D eigenvalue weighted by molar-refractivity contribution is 14.0. The minimum Gasteiger partial charge on any atom is -0.349 e. The normalized spacial score (nSPS) is 14.9. The molecule has 1 aliphatic rings. The van der Waals surface area contributed by atoms with Gasteiger partial charge in [0, 0.05) is 73.3 Å². The Morgan fingerprint density at radius 1 is 1.04 bits per heavy atom. The van der Waals surface area contributed by atoms with Crippen molar-refractivity contribution in [2.45, 2.75) is 0 Å². The van der Waals surface area contributed by atoms with Gasteiger partial charge in [-0.05, 0) is 6.07 Å². The van der Waals surface area contributed by atoms with Gasteiger partial charge in [-0.1, -0.05) is 0 Å². The zero-order valence-electron chi connectivity index (χ0n) is 14.5. The second-order valence-electron chi connectivity index (χ2n) is 5.85. The standard InChI is InChI=1S/C15H27N7.HI/c1-19(2)15(20(3)4)18-8-9-21-10-12-22(13-11-21)14-16-6-5-7-17-14;/h5-7H,8-13H2,1-4H3;1H. The second-order valence-corrected chi connectivity index (χ2v) is 5.85. The SMILES string of the molecule is CN(C)C(=NCCN1CCN(c2ncccn2)CC1)N(C)C.I. The highest BCUT2D eigenvalue weighted by Gasteiger charge is 2.18. The molecule has 8 heteroatoms. The molecular formula is C15H28IN7. The number of nitrogens with zero attached hydrogens (tertiary/aromatic N) is 7. The molecule has 1 aliphatic heterocycles. The summed E-state index contributed by atoms with van der Waals surface area (Å²) in [7, 11) is 8.10. The zero-order chi connectivity index (χ0) is 15.9. The van der Waals surface area contributed by atoms with Gasteiger partial charge in [-0.25, -0.2) is 9.97 Å². The van der Waals surface area contributed by atoms with Crippen LogP contribution in [0.4, 0.5) is 5.95 Å². The van der Waals surface area contributed by atoms with Crippen LogP contribution in [-0.4, -0.2) is 98.1 Å². The van der Waals surface area contributed by atoms with Gasteiger partial charge in [-0.15, -0.1) is 24.0 Å². The topological polar surface area (TPSA) is 51.1 Å². The molecule has 1 aromatic heterocycles. The number of anilines is 1. The number of rotatable bonds is 4. The van der Waals surface area contributed by atoms with Crippen molar-refractivity contribution in [3.8, 4) is 0 Å². The lowest BCUT2D eigenvalue weighted by molar-refractivity contribution is 0.263. The number of guanidine groups is 1. The fourth-order valence-electron chi connectivity index (χ4n) is 2.60. The Labute approximate surface area is 156 Å². The minimum atomic E-state index is 0. The first kappa shape index (κ1) is 19.9. The Bertz CT molecular complexity index is 460. The summed E-state index contributed by atoms with van der Waals surface area (Å²) < 4.78 is 0. The van der Waals surface area contributed by atoms with Crippen molar-refractivity contribution in [3.05, 3.63) is 18.5 Å². The van der Waals surface area contributed by atoms with Crippen molar-refractivity contribution in [2.75, 3.05) is 72.4 Å². The lowest BCUT2D eigenvalue weighted by atomic mass is 10.3. The molecule has 2 heterocycles. The number of hydrogen-bond donors (Lipinski definition) is 0. The molecule has 130 valence electrons. The Morgan fingerprint density at radius 2 is 1.61 bits per heavy atom. The summed E-state index contributed by atoms with van der Waals surface area (Å²) in [5, 5.41) is 0. The van der Waals surface area contributed by atoms with Crippen molar-refractivity contribution in [3.63, 3.8) is 0 Å². The van der Waals surface area contributed by atoms with Crippen LogP contribution in [0.3, 0.4) is 0 Å². The van der Waals surface area contributed by atoms with Gasteiger partial charge in [0.05, 0.1) is 6.54 Å². The molecule has 7 nitrogen and oxygen atoms in total. The predicted molar refractivity (Wildman–Crippen MR) is 106 cm³/mol. The summed E-state index contributed by atoms with van der Waals surface area (Å²) in [6, 6.07) is 1.85. The van der Waals surface area contributed by atoms with Gasteiger partial charge < -0.3 is 14.7 Å². The van der Waals surface area contributed by atoms with E-state index in [2.05, 4.69) is 24.8 Å². The molecule has 0 radical (unpaired) electrons. The molecule has 0 unspecified atom stereocenters. The number of piperazine rings is 1. The van der Waals surface area contributed by atoms with Crippen LogP contribution in [0.5, 0.6) is 0 Å². The van der Waals surface area contributed by atoms with Crippen LogP contribution < -0.4 is 4.90 Å². The Balaban J connectivity index is 0.00000264. The monoisotopic (exact) mass is 433 g/mol. The zero-order valence-corrected chi connectivity index (χ0v) is 16.8. The molecule has 1 aromatic rings. The van der Waals surface area contributed by atoms with Crippen LogP contribution in [0.1, 0.15) is 0 Å². The van der Waals surface area contributed by atoms with Crippen LogP contribution in [0.2, 0.25) is 0 Å². The molecule has 0 spiro atoms. The highest BCUT2D eigenvalue weighted by Crippen LogP contribution is 2.09. The summed E-state index contributed by atoms with van der Waals surface area (Å²) in [4.78, 5) is 22.1. The quantitative estimate of drug-likeness (QED) is 0.396. The third kappa shape index (κ3) is 6.09. The molecule has 0 aliphatic carbocycles. The largest absolute Gasteiger partial charge is 0.349 e. The Kier molecular flexibility index (Phi) is 8.53. The van der Waals surface area contributed by atoms with Crippen molar-refractivity contribution < 1.29 is 0 Å². The van der Waals surface area contributed by atoms with E-state index in [9.17, 15) is 0 Å². The van der Waals surface area contributed by atoms with Gasteiger partial charge in [0.2, 0.25) is 5.95 Å². The third-order valence-corrected chi connectivity index (χ3v) is 3.68. The number of halogens is 1. The van der Waals surface area contributed by atoms with Crippen molar-refractivity contribution in [1.29, 1.82) is 0 Å². The first-order valence-electron chi connectivity index (χ1n) is 7.71. The minimum absolute atomic E-state index is 0.